The molecule has 0 aliphatic heterocycles. The summed E-state index contributed by atoms with van der Waals surface area (Å²) in [6, 6.07) is 15.0. The Labute approximate surface area is 131 Å². The van der Waals surface area contributed by atoms with Crippen molar-refractivity contribution in [1.29, 1.82) is 0 Å². The number of methoxy groups -OCH3 is 1. The number of carbonyl (C=O) groups is 1. The fraction of sp³-hybridized carbons (Fsp3) is 0.0588. The van der Waals surface area contributed by atoms with Gasteiger partial charge in [-0.1, -0.05) is 0 Å². The first-order valence-electron chi connectivity index (χ1n) is 6.53. The molecule has 3 rings (SSSR count). The van der Waals surface area contributed by atoms with E-state index in [1.807, 2.05) is 36.4 Å². The van der Waals surface area contributed by atoms with Crippen LogP contribution in [0.3, 0.4) is 0 Å². The zero-order chi connectivity index (χ0) is 14.8. The molecule has 0 bridgehead atoms. The van der Waals surface area contributed by atoms with Gasteiger partial charge in [0, 0.05) is 0 Å². The van der Waals surface area contributed by atoms with Gasteiger partial charge in [-0.25, -0.2) is 0 Å². The molecule has 0 amide bonds. The zero-order valence-corrected chi connectivity index (χ0v) is 14.0. The Hall–Kier alpha value is -2.12. The fourth-order valence-electron chi connectivity index (χ4n) is 2.34. The maximum atomic E-state index is 12.8. The van der Waals surface area contributed by atoms with Crippen molar-refractivity contribution in [2.24, 2.45) is 0 Å². The van der Waals surface area contributed by atoms with Crippen LogP contribution in [0.2, 0.25) is 0 Å². The normalized spacial score (nSPS) is 10.6. The number of nitrogens with zero attached hydrogens (tertiary/aromatic N) is 1. The summed E-state index contributed by atoms with van der Waals surface area (Å²) >= 11 is 1.40. The molecule has 3 aromatic rings. The van der Waals surface area contributed by atoms with E-state index in [0.29, 0.717) is 16.9 Å². The van der Waals surface area contributed by atoms with Crippen molar-refractivity contribution >= 4 is 37.9 Å². The van der Waals surface area contributed by atoms with Crippen LogP contribution in [0.15, 0.2) is 54.7 Å². The van der Waals surface area contributed by atoms with Crippen molar-refractivity contribution in [1.82, 2.24) is 4.98 Å². The van der Waals surface area contributed by atoms with E-state index in [1.54, 1.807) is 25.4 Å². The molecule has 0 fully saturated rings. The van der Waals surface area contributed by atoms with Gasteiger partial charge >= 0.3 is 131 Å². The number of hydrogen-bond acceptors (Lipinski definition) is 3. The van der Waals surface area contributed by atoms with E-state index in [1.165, 1.54) is 16.9 Å². The molecule has 0 radical (unpaired) electrons. The van der Waals surface area contributed by atoms with Crippen molar-refractivity contribution < 1.29 is 9.53 Å². The van der Waals surface area contributed by atoms with Crippen molar-refractivity contribution in [3.63, 3.8) is 0 Å². The molecule has 1 aromatic heterocycles. The summed E-state index contributed by atoms with van der Waals surface area (Å²) in [6.45, 7) is 0. The molecule has 1 atom stereocenters. The minimum absolute atomic E-state index is 0.0284. The number of rotatable bonds is 3. The first-order valence-corrected chi connectivity index (χ1v) is 7.74. The van der Waals surface area contributed by atoms with Crippen LogP contribution in [-0.4, -0.2) is 34.7 Å². The number of pyridine rings is 1. The van der Waals surface area contributed by atoms with Crippen LogP contribution < -0.4 is 9.09 Å². The number of fused-ring (bicyclic) bond motifs is 1. The Morgan fingerprint density at radius 3 is 2.67 bits per heavy atom. The molecule has 0 aliphatic carbocycles. The average Bonchev–Trinajstić information content (AvgIpc) is 2.55. The molecule has 0 N–H and O–H groups in total. The average molecular weight is 339 g/mol. The number of ether oxygens (including phenoxy) is 1. The van der Waals surface area contributed by atoms with Crippen LogP contribution in [0.5, 0.6) is 5.75 Å². The summed E-state index contributed by atoms with van der Waals surface area (Å²) in [4.78, 5) is 17.2. The van der Waals surface area contributed by atoms with Gasteiger partial charge in [-0.2, -0.15) is 0 Å². The molecule has 0 saturated heterocycles. The van der Waals surface area contributed by atoms with Gasteiger partial charge in [0.05, 0.1) is 0 Å². The van der Waals surface area contributed by atoms with Gasteiger partial charge in [0.2, 0.25) is 0 Å². The third-order valence-corrected chi connectivity index (χ3v) is 4.64. The molecule has 2 aromatic carbocycles. The number of ketones is 1. The van der Waals surface area contributed by atoms with Crippen molar-refractivity contribution in [2.75, 3.05) is 7.11 Å². The van der Waals surface area contributed by atoms with Crippen LogP contribution in [0.1, 0.15) is 15.9 Å². The Morgan fingerprint density at radius 2 is 1.86 bits per heavy atom. The topological polar surface area (TPSA) is 39.2 Å². The third-order valence-electron chi connectivity index (χ3n) is 3.41. The van der Waals surface area contributed by atoms with Gasteiger partial charge < -0.3 is 0 Å². The van der Waals surface area contributed by atoms with E-state index >= 15 is 0 Å². The molecular weight excluding hydrogens is 325 g/mol. The molecular formula is C17H14AsNO2. The van der Waals surface area contributed by atoms with Gasteiger partial charge in [0.25, 0.3) is 0 Å². The predicted octanol–water partition coefficient (Wildman–Crippen LogP) is 1.73. The quantitative estimate of drug-likeness (QED) is 0.539. The molecule has 0 saturated carbocycles. The van der Waals surface area contributed by atoms with Crippen LogP contribution in [0.25, 0.3) is 10.9 Å². The van der Waals surface area contributed by atoms with E-state index in [9.17, 15) is 4.79 Å². The Balaban J connectivity index is 2.16. The van der Waals surface area contributed by atoms with Gasteiger partial charge in [-0.3, -0.25) is 0 Å². The first kappa shape index (κ1) is 13.8. The van der Waals surface area contributed by atoms with Crippen molar-refractivity contribution in [3.05, 3.63) is 65.9 Å². The Kier molecular flexibility index (Phi) is 3.76. The van der Waals surface area contributed by atoms with E-state index < -0.39 is 0 Å². The minimum atomic E-state index is -0.0284. The van der Waals surface area contributed by atoms with E-state index in [4.69, 9.17) is 4.74 Å². The predicted molar refractivity (Wildman–Crippen MR) is 86.3 cm³/mol. The van der Waals surface area contributed by atoms with Crippen molar-refractivity contribution in [3.8, 4) is 5.75 Å². The molecule has 1 unspecified atom stereocenters. The SMILES string of the molecule is COc1ccccc1C(=O)c1ccc2cccnc2c1[AsH2]. The van der Waals surface area contributed by atoms with E-state index in [-0.39, 0.29) is 5.78 Å². The number of benzene rings is 2. The fourth-order valence-corrected chi connectivity index (χ4v) is 3.33. The first-order chi connectivity index (χ1) is 10.2. The molecule has 4 heteroatoms. The van der Waals surface area contributed by atoms with Crippen LogP contribution >= 0.6 is 0 Å². The Bertz CT molecular complexity index is 830. The standard InChI is InChI=1S/C17H14AsNO2/c1-21-14-7-3-2-6-12(14)17(20)13-9-8-11-5-4-10-19-16(11)15(13)18/h2-10H,18H2,1H3. The number of hydrogen-bond donors (Lipinski definition) is 0. The zero-order valence-electron chi connectivity index (χ0n) is 11.5. The molecule has 0 spiro atoms. The second-order valence-corrected chi connectivity index (χ2v) is 5.84. The van der Waals surface area contributed by atoms with Crippen LogP contribution in [0.4, 0.5) is 0 Å². The van der Waals surface area contributed by atoms with Gasteiger partial charge in [0.1, 0.15) is 0 Å². The summed E-state index contributed by atoms with van der Waals surface area (Å²) in [5, 5.41) is 1.05. The van der Waals surface area contributed by atoms with E-state index in [2.05, 4.69) is 4.98 Å². The molecule has 21 heavy (non-hydrogen) atoms. The summed E-state index contributed by atoms with van der Waals surface area (Å²) < 4.78 is 6.24. The Morgan fingerprint density at radius 1 is 1.05 bits per heavy atom. The van der Waals surface area contributed by atoms with Crippen LogP contribution in [-0.2, 0) is 0 Å². The summed E-state index contributed by atoms with van der Waals surface area (Å²) in [5.41, 5.74) is 2.15. The maximum absolute atomic E-state index is 12.8. The molecule has 0 aliphatic rings. The monoisotopic (exact) mass is 339 g/mol. The van der Waals surface area contributed by atoms with Gasteiger partial charge in [-0.05, 0) is 0 Å². The number of aromatic nitrogens is 1. The molecule has 3 nitrogen and oxygen atoms in total. The second kappa shape index (κ2) is 5.71. The number of para-hydroxylation sites is 1. The van der Waals surface area contributed by atoms with Crippen LogP contribution in [0, 0.1) is 0 Å². The second-order valence-electron chi connectivity index (χ2n) is 4.63. The number of carbonyl (C=O) groups excluding carboxylic acids is 1. The van der Waals surface area contributed by atoms with Crippen molar-refractivity contribution in [2.45, 2.75) is 0 Å². The van der Waals surface area contributed by atoms with Gasteiger partial charge in [-0.15, -0.1) is 0 Å². The van der Waals surface area contributed by atoms with E-state index in [0.717, 1.165) is 15.3 Å². The summed E-state index contributed by atoms with van der Waals surface area (Å²) in [6.07, 6.45) is 1.75. The summed E-state index contributed by atoms with van der Waals surface area (Å²) in [5.74, 6) is 0.565. The third kappa shape index (κ3) is 2.45. The molecule has 1 heterocycles. The summed E-state index contributed by atoms with van der Waals surface area (Å²) in [7, 11) is 1.57. The van der Waals surface area contributed by atoms with Gasteiger partial charge in [0.15, 0.2) is 0 Å². The molecule has 104 valence electrons.